The summed E-state index contributed by atoms with van der Waals surface area (Å²) in [5.41, 5.74) is 3.65. The van der Waals surface area contributed by atoms with E-state index in [4.69, 9.17) is 0 Å². The van der Waals surface area contributed by atoms with E-state index >= 15 is 0 Å². The van der Waals surface area contributed by atoms with E-state index in [0.29, 0.717) is 18.8 Å². The van der Waals surface area contributed by atoms with Crippen molar-refractivity contribution in [3.05, 3.63) is 101 Å². The molecule has 6 heteroatoms. The van der Waals surface area contributed by atoms with Gasteiger partial charge in [-0.1, -0.05) is 42.2 Å². The lowest BCUT2D eigenvalue weighted by Crippen LogP contribution is -2.68. The number of hydrogen-bond donors (Lipinski definition) is 2. The Hall–Kier alpha value is -3.66. The maximum Gasteiger partial charge on any atom is 0.321 e. The predicted molar refractivity (Wildman–Crippen MR) is 139 cm³/mol. The number of rotatable bonds is 3. The molecule has 5 rings (SSSR count). The average Bonchev–Trinajstić information content (AvgIpc) is 2.89. The van der Waals surface area contributed by atoms with Crippen LogP contribution in [0.5, 0.6) is 0 Å². The van der Waals surface area contributed by atoms with Crippen molar-refractivity contribution in [2.75, 3.05) is 31.6 Å². The number of amides is 2. The van der Waals surface area contributed by atoms with Gasteiger partial charge in [-0.05, 0) is 73.5 Å². The number of carbonyl (C=O) groups is 1. The van der Waals surface area contributed by atoms with E-state index in [1.54, 1.807) is 12.1 Å². The lowest BCUT2D eigenvalue weighted by atomic mass is 9.74. The number of nitrogens with zero attached hydrogens (tertiary/aromatic N) is 2. The topological polar surface area (TPSA) is 55.8 Å². The summed E-state index contributed by atoms with van der Waals surface area (Å²) in [6, 6.07) is 24.0. The fourth-order valence-corrected chi connectivity index (χ4v) is 5.32. The highest BCUT2D eigenvalue weighted by molar-refractivity contribution is 5.89. The summed E-state index contributed by atoms with van der Waals surface area (Å²) < 4.78 is 13.2. The molecule has 0 bridgehead atoms. The van der Waals surface area contributed by atoms with Crippen molar-refractivity contribution in [2.45, 2.75) is 30.8 Å². The van der Waals surface area contributed by atoms with Crippen molar-refractivity contribution in [3.63, 3.8) is 0 Å². The molecule has 3 aromatic carbocycles. The van der Waals surface area contributed by atoms with Crippen LogP contribution in [0.25, 0.3) is 0 Å². The first-order valence-corrected chi connectivity index (χ1v) is 12.5. The van der Waals surface area contributed by atoms with Crippen molar-refractivity contribution in [1.29, 1.82) is 0 Å². The highest BCUT2D eigenvalue weighted by Crippen LogP contribution is 2.42. The summed E-state index contributed by atoms with van der Waals surface area (Å²) in [5, 5.41) is 13.1. The highest BCUT2D eigenvalue weighted by Gasteiger charge is 2.49. The Balaban J connectivity index is 1.31. The van der Waals surface area contributed by atoms with Gasteiger partial charge in [-0.2, -0.15) is 0 Å². The van der Waals surface area contributed by atoms with E-state index in [1.807, 2.05) is 47.4 Å². The van der Waals surface area contributed by atoms with E-state index in [1.165, 1.54) is 12.1 Å². The molecule has 0 saturated carbocycles. The summed E-state index contributed by atoms with van der Waals surface area (Å²) in [7, 11) is 0. The van der Waals surface area contributed by atoms with Gasteiger partial charge in [0, 0.05) is 47.9 Å². The Morgan fingerprint density at radius 1 is 0.917 bits per heavy atom. The zero-order chi connectivity index (χ0) is 24.9. The lowest BCUT2D eigenvalue weighted by molar-refractivity contribution is -0.0585. The number of aliphatic hydroxyl groups is 1. The second-order valence-corrected chi connectivity index (χ2v) is 9.41. The molecule has 2 aliphatic heterocycles. The van der Waals surface area contributed by atoms with Crippen molar-refractivity contribution >= 4 is 11.7 Å². The number of carbonyl (C=O) groups excluding carboxylic acids is 1. The Kier molecular flexibility index (Phi) is 7.31. The van der Waals surface area contributed by atoms with Crippen LogP contribution in [-0.2, 0) is 0 Å². The van der Waals surface area contributed by atoms with Gasteiger partial charge in [0.25, 0.3) is 0 Å². The SMILES string of the molecule is O=C(Nc1ccc(F)cc1)N1CCCCN2[C@H](CO)C(c3ccc(C#Cc4ccccc4)cc3)[C@@H]2C1. The quantitative estimate of drug-likeness (QED) is 0.532. The van der Waals surface area contributed by atoms with E-state index in [2.05, 4.69) is 34.2 Å². The highest BCUT2D eigenvalue weighted by atomic mass is 19.1. The molecule has 36 heavy (non-hydrogen) atoms. The number of halogens is 1. The third-order valence-corrected chi connectivity index (χ3v) is 7.17. The molecule has 3 atom stereocenters. The van der Waals surface area contributed by atoms with Crippen molar-refractivity contribution in [1.82, 2.24) is 9.80 Å². The first-order chi connectivity index (χ1) is 17.6. The monoisotopic (exact) mass is 483 g/mol. The standard InChI is InChI=1S/C30H30FN3O2/c31-25-14-16-26(17-15-25)32-30(36)33-18-4-5-19-34-27(20-33)29(28(34)21-35)24-12-10-23(11-13-24)9-8-22-6-2-1-3-7-22/h1-3,6-7,10-17,27-29,35H,4-5,18-21H2,(H,32,36)/t27-,28+,29?/m0/s1. The van der Waals surface area contributed by atoms with Gasteiger partial charge >= 0.3 is 6.03 Å². The van der Waals surface area contributed by atoms with Gasteiger partial charge in [0.15, 0.2) is 0 Å². The van der Waals surface area contributed by atoms with Gasteiger partial charge in [-0.3, -0.25) is 4.90 Å². The third-order valence-electron chi connectivity index (χ3n) is 7.17. The average molecular weight is 484 g/mol. The molecule has 0 aromatic heterocycles. The van der Waals surface area contributed by atoms with Gasteiger partial charge < -0.3 is 15.3 Å². The minimum Gasteiger partial charge on any atom is -0.395 e. The van der Waals surface area contributed by atoms with Gasteiger partial charge in [0.1, 0.15) is 5.82 Å². The van der Waals surface area contributed by atoms with Crippen LogP contribution < -0.4 is 5.32 Å². The second-order valence-electron chi connectivity index (χ2n) is 9.41. The third kappa shape index (κ3) is 5.28. The normalized spacial score (nSPS) is 21.7. The molecule has 2 N–H and O–H groups in total. The second kappa shape index (κ2) is 10.9. The number of urea groups is 1. The Labute approximate surface area is 211 Å². The summed E-state index contributed by atoms with van der Waals surface area (Å²) in [5.74, 6) is 6.20. The lowest BCUT2D eigenvalue weighted by Gasteiger charge is -2.57. The number of hydrogen-bond acceptors (Lipinski definition) is 3. The zero-order valence-corrected chi connectivity index (χ0v) is 20.1. The molecule has 5 nitrogen and oxygen atoms in total. The minimum atomic E-state index is -0.334. The summed E-state index contributed by atoms with van der Waals surface area (Å²) in [6.07, 6.45) is 1.87. The van der Waals surface area contributed by atoms with Gasteiger partial charge in [0.05, 0.1) is 6.61 Å². The van der Waals surface area contributed by atoms with Crippen molar-refractivity contribution in [3.8, 4) is 11.8 Å². The molecule has 2 fully saturated rings. The smallest absolute Gasteiger partial charge is 0.321 e. The molecular weight excluding hydrogens is 453 g/mol. The van der Waals surface area contributed by atoms with E-state index in [-0.39, 0.29) is 36.5 Å². The zero-order valence-electron chi connectivity index (χ0n) is 20.1. The summed E-state index contributed by atoms with van der Waals surface area (Å²) in [4.78, 5) is 17.2. The van der Waals surface area contributed by atoms with Gasteiger partial charge in [-0.25, -0.2) is 9.18 Å². The van der Waals surface area contributed by atoms with Crippen molar-refractivity contribution < 1.29 is 14.3 Å². The number of fused-ring (bicyclic) bond motifs is 1. The summed E-state index contributed by atoms with van der Waals surface area (Å²) in [6.45, 7) is 2.24. The molecule has 2 saturated heterocycles. The van der Waals surface area contributed by atoms with Crippen LogP contribution >= 0.6 is 0 Å². The molecular formula is C30H30FN3O2. The predicted octanol–water partition coefficient (Wildman–Crippen LogP) is 4.68. The first kappa shape index (κ1) is 24.1. The largest absolute Gasteiger partial charge is 0.395 e. The minimum absolute atomic E-state index is 0.0383. The van der Waals surface area contributed by atoms with Crippen LogP contribution in [0.3, 0.4) is 0 Å². The van der Waals surface area contributed by atoms with Crippen LogP contribution in [0, 0.1) is 17.7 Å². The Morgan fingerprint density at radius 3 is 2.28 bits per heavy atom. The van der Waals surface area contributed by atoms with Crippen LogP contribution in [0.15, 0.2) is 78.9 Å². The fourth-order valence-electron chi connectivity index (χ4n) is 5.32. The van der Waals surface area contributed by atoms with E-state index in [0.717, 1.165) is 36.1 Å². The molecule has 1 unspecified atom stereocenters. The Bertz CT molecular complexity index is 1240. The summed E-state index contributed by atoms with van der Waals surface area (Å²) >= 11 is 0. The van der Waals surface area contributed by atoms with Crippen LogP contribution in [0.2, 0.25) is 0 Å². The maximum absolute atomic E-state index is 13.2. The van der Waals surface area contributed by atoms with Crippen LogP contribution in [0.4, 0.5) is 14.9 Å². The van der Waals surface area contributed by atoms with Gasteiger partial charge in [0.2, 0.25) is 0 Å². The van der Waals surface area contributed by atoms with Crippen molar-refractivity contribution in [2.24, 2.45) is 0 Å². The van der Waals surface area contributed by atoms with E-state index < -0.39 is 0 Å². The van der Waals surface area contributed by atoms with Gasteiger partial charge in [-0.15, -0.1) is 0 Å². The Morgan fingerprint density at radius 2 is 1.58 bits per heavy atom. The molecule has 2 heterocycles. The molecule has 3 aromatic rings. The molecule has 2 aliphatic rings. The molecule has 2 amide bonds. The number of aliphatic hydroxyl groups excluding tert-OH is 1. The first-order valence-electron chi connectivity index (χ1n) is 12.5. The molecule has 0 aliphatic carbocycles. The molecule has 184 valence electrons. The molecule has 0 radical (unpaired) electrons. The van der Waals surface area contributed by atoms with Crippen LogP contribution in [-0.4, -0.2) is 59.3 Å². The maximum atomic E-state index is 13.2. The number of anilines is 1. The number of benzene rings is 3. The fraction of sp³-hybridized carbons (Fsp3) is 0.300. The van der Waals surface area contributed by atoms with Crippen LogP contribution in [0.1, 0.15) is 35.4 Å². The number of nitrogens with one attached hydrogen (secondary N) is 1. The van der Waals surface area contributed by atoms with E-state index in [9.17, 15) is 14.3 Å². The molecule has 0 spiro atoms.